The van der Waals surface area contributed by atoms with Gasteiger partial charge in [0.05, 0.1) is 12.5 Å². The van der Waals surface area contributed by atoms with Crippen LogP contribution in [0.15, 0.2) is 16.6 Å². The highest BCUT2D eigenvalue weighted by atomic mass is 79.9. The zero-order valence-corrected chi connectivity index (χ0v) is 13.1. The summed E-state index contributed by atoms with van der Waals surface area (Å²) in [6.45, 7) is 2.07. The van der Waals surface area contributed by atoms with Gasteiger partial charge in [-0.1, -0.05) is 15.9 Å². The van der Waals surface area contributed by atoms with Gasteiger partial charge in [0.25, 0.3) is 0 Å². The predicted octanol–water partition coefficient (Wildman–Crippen LogP) is 5.09. The maximum Gasteiger partial charge on any atom is 0.123 e. The fourth-order valence-corrected chi connectivity index (χ4v) is 4.05. The van der Waals surface area contributed by atoms with E-state index in [1.54, 1.807) is 7.11 Å². The Kier molecular flexibility index (Phi) is 3.36. The number of fused-ring (bicyclic) bond motifs is 1. The minimum absolute atomic E-state index is 0.0876. The van der Waals surface area contributed by atoms with Gasteiger partial charge >= 0.3 is 0 Å². The molecular weight excluding hydrogens is 312 g/mol. The second kappa shape index (κ2) is 4.72. The van der Waals surface area contributed by atoms with Crippen molar-refractivity contribution in [2.45, 2.75) is 31.6 Å². The Labute approximate surface area is 122 Å². The molecule has 2 aliphatic rings. The zero-order valence-electron chi connectivity index (χ0n) is 10.7. The highest BCUT2D eigenvalue weighted by Gasteiger charge is 2.48. The highest BCUT2D eigenvalue weighted by molar-refractivity contribution is 9.10. The third-order valence-corrected chi connectivity index (χ3v) is 5.95. The summed E-state index contributed by atoms with van der Waals surface area (Å²) in [5.74, 6) is 3.49. The molecule has 0 saturated heterocycles. The summed E-state index contributed by atoms with van der Waals surface area (Å²) in [6.07, 6.45) is 4.04. The van der Waals surface area contributed by atoms with Gasteiger partial charge in [-0.25, -0.2) is 0 Å². The normalized spacial score (nSPS) is 31.0. The van der Waals surface area contributed by atoms with E-state index in [4.69, 9.17) is 16.3 Å². The van der Waals surface area contributed by atoms with Crippen LogP contribution in [0, 0.1) is 24.7 Å². The summed E-state index contributed by atoms with van der Waals surface area (Å²) >= 11 is 10.3. The van der Waals surface area contributed by atoms with Crippen LogP contribution < -0.4 is 4.74 Å². The number of methoxy groups -OCH3 is 1. The first-order chi connectivity index (χ1) is 8.60. The molecule has 0 N–H and O–H groups in total. The molecule has 0 bridgehead atoms. The van der Waals surface area contributed by atoms with E-state index >= 15 is 0 Å². The number of hydrogen-bond donors (Lipinski definition) is 0. The SMILES string of the molecule is COc1cc(C)c(Br)cc1C(Cl)C1CC2CC2C1. The lowest BCUT2D eigenvalue weighted by Gasteiger charge is -2.22. The van der Waals surface area contributed by atoms with E-state index in [1.807, 2.05) is 0 Å². The lowest BCUT2D eigenvalue weighted by Crippen LogP contribution is -2.08. The predicted molar refractivity (Wildman–Crippen MR) is 78.3 cm³/mol. The average Bonchev–Trinajstić information content (AvgIpc) is 2.98. The molecule has 0 radical (unpaired) electrons. The van der Waals surface area contributed by atoms with Gasteiger partial charge in [-0.05, 0) is 61.6 Å². The molecule has 2 saturated carbocycles. The Hall–Kier alpha value is -0.210. The van der Waals surface area contributed by atoms with Crippen molar-refractivity contribution in [1.29, 1.82) is 0 Å². The number of ether oxygens (including phenoxy) is 1. The summed E-state index contributed by atoms with van der Waals surface area (Å²) in [5.41, 5.74) is 2.33. The maximum atomic E-state index is 6.71. The Morgan fingerprint density at radius 1 is 1.28 bits per heavy atom. The van der Waals surface area contributed by atoms with Crippen molar-refractivity contribution in [3.05, 3.63) is 27.7 Å². The second-order valence-corrected chi connectivity index (χ2v) is 7.06. The molecule has 0 spiro atoms. The van der Waals surface area contributed by atoms with Crippen LogP contribution in [0.1, 0.15) is 35.8 Å². The number of aryl methyl sites for hydroxylation is 1. The summed E-state index contributed by atoms with van der Waals surface area (Å²) in [6, 6.07) is 4.21. The number of halogens is 2. The molecule has 2 aliphatic carbocycles. The van der Waals surface area contributed by atoms with E-state index in [1.165, 1.54) is 24.8 Å². The van der Waals surface area contributed by atoms with Crippen LogP contribution in [0.25, 0.3) is 0 Å². The van der Waals surface area contributed by atoms with E-state index in [2.05, 4.69) is 35.0 Å². The first-order valence-corrected chi connectivity index (χ1v) is 7.81. The van der Waals surface area contributed by atoms with Crippen LogP contribution >= 0.6 is 27.5 Å². The summed E-state index contributed by atoms with van der Waals surface area (Å²) in [4.78, 5) is 0. The molecule has 0 aromatic heterocycles. The molecule has 98 valence electrons. The van der Waals surface area contributed by atoms with E-state index in [-0.39, 0.29) is 5.38 Å². The first kappa shape index (κ1) is 12.8. The Morgan fingerprint density at radius 3 is 2.56 bits per heavy atom. The average molecular weight is 330 g/mol. The second-order valence-electron chi connectivity index (χ2n) is 5.73. The molecule has 3 atom stereocenters. The fraction of sp³-hybridized carbons (Fsp3) is 0.600. The van der Waals surface area contributed by atoms with Crippen LogP contribution in [-0.2, 0) is 0 Å². The molecule has 1 aromatic rings. The van der Waals surface area contributed by atoms with Crippen molar-refractivity contribution in [2.24, 2.45) is 17.8 Å². The number of alkyl halides is 1. The molecule has 0 heterocycles. The van der Waals surface area contributed by atoms with Crippen molar-refractivity contribution >= 4 is 27.5 Å². The third-order valence-electron chi connectivity index (χ3n) is 4.50. The monoisotopic (exact) mass is 328 g/mol. The lowest BCUT2D eigenvalue weighted by molar-refractivity contribution is 0.397. The Morgan fingerprint density at radius 2 is 1.94 bits per heavy atom. The number of benzene rings is 1. The molecule has 3 heteroatoms. The molecule has 3 rings (SSSR count). The topological polar surface area (TPSA) is 9.23 Å². The molecule has 1 aromatic carbocycles. The standard InChI is InChI=1S/C15H18BrClO/c1-8-3-14(18-2)12(7-13(8)16)15(17)11-5-9-4-10(9)6-11/h3,7,9-11,15H,4-6H2,1-2H3. The molecular formula is C15H18BrClO. The third kappa shape index (κ3) is 2.18. The van der Waals surface area contributed by atoms with Gasteiger partial charge in [0.15, 0.2) is 0 Å². The molecule has 3 unspecified atom stereocenters. The van der Waals surface area contributed by atoms with Crippen molar-refractivity contribution in [3.63, 3.8) is 0 Å². The molecule has 18 heavy (non-hydrogen) atoms. The van der Waals surface area contributed by atoms with E-state index in [9.17, 15) is 0 Å². The van der Waals surface area contributed by atoms with Crippen LogP contribution in [-0.4, -0.2) is 7.11 Å². The van der Waals surface area contributed by atoms with E-state index in [0.717, 1.165) is 27.6 Å². The Bertz CT molecular complexity index is 464. The minimum Gasteiger partial charge on any atom is -0.496 e. The summed E-state index contributed by atoms with van der Waals surface area (Å²) in [7, 11) is 1.72. The van der Waals surface area contributed by atoms with Gasteiger partial charge in [-0.2, -0.15) is 0 Å². The molecule has 0 amide bonds. The van der Waals surface area contributed by atoms with Crippen LogP contribution in [0.2, 0.25) is 0 Å². The van der Waals surface area contributed by atoms with Gasteiger partial charge in [0, 0.05) is 10.0 Å². The maximum absolute atomic E-state index is 6.71. The van der Waals surface area contributed by atoms with Crippen molar-refractivity contribution in [2.75, 3.05) is 7.11 Å². The molecule has 1 nitrogen and oxygen atoms in total. The summed E-state index contributed by atoms with van der Waals surface area (Å²) in [5, 5.41) is 0.0876. The van der Waals surface area contributed by atoms with Gasteiger partial charge in [0.2, 0.25) is 0 Å². The van der Waals surface area contributed by atoms with Crippen molar-refractivity contribution < 1.29 is 4.74 Å². The molecule has 0 aliphatic heterocycles. The van der Waals surface area contributed by atoms with Crippen molar-refractivity contribution in [3.8, 4) is 5.75 Å². The largest absolute Gasteiger partial charge is 0.496 e. The van der Waals surface area contributed by atoms with E-state index < -0.39 is 0 Å². The fourth-order valence-electron chi connectivity index (χ4n) is 3.32. The van der Waals surface area contributed by atoms with Crippen LogP contribution in [0.5, 0.6) is 5.75 Å². The summed E-state index contributed by atoms with van der Waals surface area (Å²) < 4.78 is 6.61. The van der Waals surface area contributed by atoms with E-state index in [0.29, 0.717) is 5.92 Å². The highest BCUT2D eigenvalue weighted by Crippen LogP contribution is 2.59. The number of hydrogen-bond acceptors (Lipinski definition) is 1. The number of rotatable bonds is 3. The smallest absolute Gasteiger partial charge is 0.123 e. The first-order valence-electron chi connectivity index (χ1n) is 6.58. The van der Waals surface area contributed by atoms with Crippen LogP contribution in [0.3, 0.4) is 0 Å². The van der Waals surface area contributed by atoms with Crippen LogP contribution in [0.4, 0.5) is 0 Å². The van der Waals surface area contributed by atoms with Gasteiger partial charge in [0.1, 0.15) is 5.75 Å². The van der Waals surface area contributed by atoms with Gasteiger partial charge in [-0.15, -0.1) is 11.6 Å². The van der Waals surface area contributed by atoms with Gasteiger partial charge in [-0.3, -0.25) is 0 Å². The zero-order chi connectivity index (χ0) is 12.9. The lowest BCUT2D eigenvalue weighted by atomic mass is 9.93. The van der Waals surface area contributed by atoms with Gasteiger partial charge < -0.3 is 4.74 Å². The quantitative estimate of drug-likeness (QED) is 0.702. The molecule has 2 fully saturated rings. The Balaban J connectivity index is 1.87. The minimum atomic E-state index is 0.0876. The van der Waals surface area contributed by atoms with Crippen molar-refractivity contribution in [1.82, 2.24) is 0 Å².